The van der Waals surface area contributed by atoms with Gasteiger partial charge in [0, 0.05) is 42.4 Å². The highest BCUT2D eigenvalue weighted by Crippen LogP contribution is 2.45. The number of pyridine rings is 1. The summed E-state index contributed by atoms with van der Waals surface area (Å²) in [5, 5.41) is 33.1. The van der Waals surface area contributed by atoms with Gasteiger partial charge in [-0.05, 0) is 92.3 Å². The van der Waals surface area contributed by atoms with Gasteiger partial charge < -0.3 is 38.1 Å². The third kappa shape index (κ3) is 15.8. The zero-order chi connectivity index (χ0) is 50.0. The van der Waals surface area contributed by atoms with Crippen LogP contribution in [-0.4, -0.2) is 155 Å². The highest BCUT2D eigenvalue weighted by atomic mass is 35.5. The number of fused-ring (bicyclic) bond motifs is 2. The second-order valence-electron chi connectivity index (χ2n) is 16.3. The van der Waals surface area contributed by atoms with Crippen molar-refractivity contribution in [1.82, 2.24) is 25.6 Å². The number of amides is 2. The van der Waals surface area contributed by atoms with Gasteiger partial charge in [0.2, 0.25) is 5.88 Å². The number of ether oxygens (including phenoxy) is 7. The minimum Gasteiger partial charge on any atom is -0.489 e. The number of aryl methyl sites for hydroxylation is 1. The molecule has 2 bridgehead atoms. The molecule has 2 atom stereocenters. The predicted molar refractivity (Wildman–Crippen MR) is 237 cm³/mol. The van der Waals surface area contributed by atoms with E-state index in [4.69, 9.17) is 65.6 Å². The lowest BCUT2D eigenvalue weighted by atomic mass is 9.87. The van der Waals surface area contributed by atoms with Crippen LogP contribution in [0.3, 0.4) is 0 Å². The minimum atomic E-state index is -0.889. The lowest BCUT2D eigenvalue weighted by Gasteiger charge is -2.38. The second kappa shape index (κ2) is 27.3. The van der Waals surface area contributed by atoms with Crippen molar-refractivity contribution in [1.29, 1.82) is 0 Å². The van der Waals surface area contributed by atoms with Crippen molar-refractivity contribution in [3.05, 3.63) is 93.1 Å². The van der Waals surface area contributed by atoms with E-state index in [0.29, 0.717) is 50.0 Å². The molecule has 2 fully saturated rings. The van der Waals surface area contributed by atoms with E-state index in [2.05, 4.69) is 14.7 Å². The van der Waals surface area contributed by atoms with Crippen molar-refractivity contribution >= 4 is 35.3 Å². The normalized spacial score (nSPS) is 16.5. The molecule has 2 amide bonds. The van der Waals surface area contributed by atoms with E-state index >= 15 is 4.79 Å². The zero-order valence-electron chi connectivity index (χ0n) is 38.6. The predicted octanol–water partition coefficient (Wildman–Crippen LogP) is 6.63. The first-order valence-corrected chi connectivity index (χ1v) is 23.2. The number of carbonyl (C=O) groups is 3. The number of rotatable bonds is 29. The monoisotopic (exact) mass is 1010 g/mol. The van der Waals surface area contributed by atoms with E-state index in [-0.39, 0.29) is 103 Å². The van der Waals surface area contributed by atoms with Gasteiger partial charge in [-0.15, -0.1) is 0 Å². The van der Waals surface area contributed by atoms with E-state index in [1.165, 1.54) is 0 Å². The molecule has 1 aliphatic carbocycles. The van der Waals surface area contributed by atoms with Crippen molar-refractivity contribution in [3.63, 3.8) is 0 Å². The lowest BCUT2D eigenvalue weighted by molar-refractivity contribution is -0.493. The van der Waals surface area contributed by atoms with Gasteiger partial charge in [0.1, 0.15) is 24.1 Å². The van der Waals surface area contributed by atoms with Crippen molar-refractivity contribution in [3.8, 4) is 11.6 Å². The highest BCUT2D eigenvalue weighted by Gasteiger charge is 2.49. The summed E-state index contributed by atoms with van der Waals surface area (Å²) in [6.45, 7) is 2.07. The molecule has 70 heavy (non-hydrogen) atoms. The van der Waals surface area contributed by atoms with Gasteiger partial charge in [-0.2, -0.15) is 0 Å². The average Bonchev–Trinajstić information content (AvgIpc) is 4.13. The first kappa shape index (κ1) is 54.0. The summed E-state index contributed by atoms with van der Waals surface area (Å²) in [4.78, 5) is 57.7. The molecular weight excluding hydrogens is 952 g/mol. The second-order valence-corrected chi connectivity index (χ2v) is 16.7. The van der Waals surface area contributed by atoms with Crippen LogP contribution in [0, 0.1) is 18.6 Å². The third-order valence-electron chi connectivity index (χ3n) is 11.6. The molecule has 4 N–H and O–H groups in total. The van der Waals surface area contributed by atoms with Gasteiger partial charge in [-0.25, -0.2) is 33.0 Å². The van der Waals surface area contributed by atoms with Crippen LogP contribution in [0.5, 0.6) is 11.6 Å². The van der Waals surface area contributed by atoms with Gasteiger partial charge in [0.25, 0.3) is 5.91 Å². The first-order chi connectivity index (χ1) is 33.8. The largest absolute Gasteiger partial charge is 0.508 e. The van der Waals surface area contributed by atoms with E-state index < -0.39 is 45.7 Å². The molecule has 2 unspecified atom stereocenters. The van der Waals surface area contributed by atoms with Crippen LogP contribution in [0.15, 0.2) is 54.2 Å². The summed E-state index contributed by atoms with van der Waals surface area (Å²) in [5.41, 5.74) is 4.68. The Morgan fingerprint density at radius 2 is 1.39 bits per heavy atom. The van der Waals surface area contributed by atoms with Gasteiger partial charge in [0.05, 0.1) is 76.3 Å². The number of benzene rings is 2. The van der Waals surface area contributed by atoms with Gasteiger partial charge >= 0.3 is 12.2 Å². The summed E-state index contributed by atoms with van der Waals surface area (Å²) in [6, 6.07) is 10.7. The summed E-state index contributed by atoms with van der Waals surface area (Å²) < 4.78 is 65.8. The smallest absolute Gasteiger partial charge is 0.489 e. The minimum absolute atomic E-state index is 0.00976. The molecule has 384 valence electrons. The molecule has 3 heterocycles. The number of halogens is 3. The summed E-state index contributed by atoms with van der Waals surface area (Å²) in [6.07, 6.45) is 4.71. The molecule has 2 aromatic carbocycles. The Labute approximate surface area is 407 Å². The Balaban J connectivity index is 1.11. The molecule has 2 aliphatic heterocycles. The molecule has 1 aromatic heterocycles. The van der Waals surface area contributed by atoms with Gasteiger partial charge in [0.15, 0.2) is 11.6 Å². The average molecular weight is 1010 g/mol. The van der Waals surface area contributed by atoms with Crippen LogP contribution in [0.4, 0.5) is 18.4 Å². The van der Waals surface area contributed by atoms with E-state index in [1.807, 2.05) is 42.2 Å². The SMILES string of the molecule is Cc1c(CN(C(=O)C2=C(c3ccc(CCCOc4c(F)ccc(F)c4Cl)cc3)CC3CCC2N3C(=O)OCCOCCON(O)O)C2CC2)ccnc1OCCCOC(=O)OCCOCCON(O)O. The fourth-order valence-corrected chi connectivity index (χ4v) is 8.30. The van der Waals surface area contributed by atoms with Gasteiger partial charge in [-0.1, -0.05) is 35.9 Å². The quantitative estimate of drug-likeness (QED) is 0.0247. The molecule has 1 saturated heterocycles. The third-order valence-corrected chi connectivity index (χ3v) is 11.9. The van der Waals surface area contributed by atoms with Crippen molar-refractivity contribution in [2.24, 2.45) is 0 Å². The molecule has 6 rings (SSSR count). The van der Waals surface area contributed by atoms with Crippen molar-refractivity contribution < 1.29 is 86.8 Å². The molecule has 3 aliphatic rings. The molecule has 24 heteroatoms. The maximum Gasteiger partial charge on any atom is 0.508 e. The number of nitrogens with zero attached hydrogens (tertiary/aromatic N) is 5. The lowest BCUT2D eigenvalue weighted by Crippen LogP contribution is -2.49. The van der Waals surface area contributed by atoms with Crippen LogP contribution in [0.2, 0.25) is 5.02 Å². The number of hydrogen-bond donors (Lipinski definition) is 4. The molecule has 21 nitrogen and oxygen atoms in total. The maximum absolute atomic E-state index is 15.2. The number of aromatic nitrogens is 1. The van der Waals surface area contributed by atoms with Crippen LogP contribution in [0.25, 0.3) is 5.57 Å². The topological polar surface area (TPSA) is 241 Å². The molecule has 0 radical (unpaired) electrons. The van der Waals surface area contributed by atoms with E-state index in [1.54, 1.807) is 11.1 Å². The molecule has 0 spiro atoms. The van der Waals surface area contributed by atoms with Crippen LogP contribution in [-0.2, 0) is 51.1 Å². The highest BCUT2D eigenvalue weighted by molar-refractivity contribution is 6.32. The van der Waals surface area contributed by atoms with Crippen molar-refractivity contribution in [2.45, 2.75) is 83.0 Å². The Morgan fingerprint density at radius 1 is 0.743 bits per heavy atom. The number of hydrogen-bond acceptors (Lipinski definition) is 19. The number of carbonyl (C=O) groups excluding carboxylic acids is 3. The van der Waals surface area contributed by atoms with Crippen LogP contribution >= 0.6 is 11.6 Å². The van der Waals surface area contributed by atoms with E-state index in [9.17, 15) is 18.4 Å². The Hall–Kier alpha value is -5.31. The Kier molecular flexibility index (Phi) is 21.1. The standard InChI is InChI=1S/C46H58ClF2N5O16/c1-30-33(15-16-50-43(30)65-18-3-19-67-46(57)68-25-21-63-23-27-70-54(60)61)29-51(34-9-10-34)44(55)40-36(28-35-11-14-39(40)52(35)45(56)66-24-20-62-22-26-69-53(58)59)32-7-5-31(6-8-32)4-2-17-64-42-38(49)13-12-37(48)41(42)47/h5-8,12-13,15-16,34-35,39,58-61H,2-4,9-11,14,17-29H2,1H3. The van der Waals surface area contributed by atoms with Crippen molar-refractivity contribution in [2.75, 3.05) is 72.7 Å². The summed E-state index contributed by atoms with van der Waals surface area (Å²) >= 11 is 5.92. The Morgan fingerprint density at radius 3 is 2.07 bits per heavy atom. The maximum atomic E-state index is 15.2. The fraction of sp³-hybridized carbons (Fsp3) is 0.522. The summed E-state index contributed by atoms with van der Waals surface area (Å²) in [5.74, 6) is -1.69. The fourth-order valence-electron chi connectivity index (χ4n) is 8.09. The van der Waals surface area contributed by atoms with Gasteiger partial charge in [-0.3, -0.25) is 30.5 Å². The summed E-state index contributed by atoms with van der Waals surface area (Å²) in [7, 11) is 0. The van der Waals surface area contributed by atoms with Crippen LogP contribution in [0.1, 0.15) is 67.2 Å². The first-order valence-electron chi connectivity index (χ1n) is 22.8. The Bertz CT molecular complexity index is 2220. The molecule has 1 saturated carbocycles. The zero-order valence-corrected chi connectivity index (χ0v) is 39.3. The van der Waals surface area contributed by atoms with E-state index in [0.717, 1.165) is 52.8 Å². The van der Waals surface area contributed by atoms with Crippen LogP contribution < -0.4 is 9.47 Å². The molecule has 3 aromatic rings. The molecular formula is C46H58ClF2N5O16.